The van der Waals surface area contributed by atoms with Gasteiger partial charge in [-0.15, -0.1) is 0 Å². The molecule has 0 fully saturated rings. The van der Waals surface area contributed by atoms with Crippen LogP contribution in [-0.4, -0.2) is 29.4 Å². The third kappa shape index (κ3) is 3.35. The summed E-state index contributed by atoms with van der Waals surface area (Å²) in [6.45, 7) is 2.11. The van der Waals surface area contributed by atoms with Gasteiger partial charge in [-0.3, -0.25) is 4.79 Å². The molecule has 1 N–H and O–H groups in total. The van der Waals surface area contributed by atoms with E-state index in [0.29, 0.717) is 13.1 Å². The van der Waals surface area contributed by atoms with E-state index in [4.69, 9.17) is 0 Å². The van der Waals surface area contributed by atoms with Gasteiger partial charge in [0.2, 0.25) is 0 Å². The first-order valence-corrected chi connectivity index (χ1v) is 10.4. The number of nitrogens with one attached hydrogen (secondary N) is 1. The second-order valence-electron chi connectivity index (χ2n) is 7.98. The van der Waals surface area contributed by atoms with Crippen LogP contribution in [0.2, 0.25) is 0 Å². The van der Waals surface area contributed by atoms with Crippen LogP contribution in [0.25, 0.3) is 10.9 Å². The summed E-state index contributed by atoms with van der Waals surface area (Å²) in [6.07, 6.45) is 2.94. The van der Waals surface area contributed by atoms with Crippen molar-refractivity contribution in [3.63, 3.8) is 0 Å². The summed E-state index contributed by atoms with van der Waals surface area (Å²) in [5.41, 5.74) is 6.54. The van der Waals surface area contributed by atoms with Crippen LogP contribution < -0.4 is 4.90 Å². The fourth-order valence-corrected chi connectivity index (χ4v) is 4.44. The van der Waals surface area contributed by atoms with Crippen LogP contribution in [0, 0.1) is 0 Å². The number of anilines is 1. The lowest BCUT2D eigenvalue weighted by Gasteiger charge is -2.24. The summed E-state index contributed by atoms with van der Waals surface area (Å²) in [7, 11) is 2.09. The van der Waals surface area contributed by atoms with E-state index in [2.05, 4.69) is 47.3 Å². The third-order valence-corrected chi connectivity index (χ3v) is 6.03. The lowest BCUT2D eigenvalue weighted by molar-refractivity contribution is 0.0730. The molecule has 0 saturated heterocycles. The third-order valence-electron chi connectivity index (χ3n) is 6.03. The Balaban J connectivity index is 1.52. The molecule has 1 aromatic heterocycles. The number of aromatic nitrogens is 1. The Morgan fingerprint density at radius 2 is 1.77 bits per heavy atom. The van der Waals surface area contributed by atoms with E-state index in [1.807, 2.05) is 53.6 Å². The molecule has 5 rings (SSSR count). The molecule has 0 unspecified atom stereocenters. The molecule has 3 aromatic carbocycles. The number of rotatable bonds is 5. The molecular formula is C26H25N3O. The van der Waals surface area contributed by atoms with E-state index in [1.165, 1.54) is 16.6 Å². The van der Waals surface area contributed by atoms with Crippen LogP contribution >= 0.6 is 0 Å². The van der Waals surface area contributed by atoms with Gasteiger partial charge in [-0.05, 0) is 41.3 Å². The minimum Gasteiger partial charge on any atom is -0.374 e. The second-order valence-corrected chi connectivity index (χ2v) is 7.98. The minimum absolute atomic E-state index is 0.0938. The summed E-state index contributed by atoms with van der Waals surface area (Å²) in [5, 5.41) is 1.17. The highest BCUT2D eigenvalue weighted by molar-refractivity contribution is 5.98. The Hall–Kier alpha value is -3.53. The smallest absolute Gasteiger partial charge is 0.254 e. The van der Waals surface area contributed by atoms with Crippen LogP contribution in [0.1, 0.15) is 27.0 Å². The highest BCUT2D eigenvalue weighted by Gasteiger charge is 2.25. The number of carbonyl (C=O) groups excluding carboxylic acids is 1. The minimum atomic E-state index is 0.0938. The Kier molecular flexibility index (Phi) is 4.75. The maximum atomic E-state index is 13.8. The summed E-state index contributed by atoms with van der Waals surface area (Å²) >= 11 is 0. The summed E-state index contributed by atoms with van der Waals surface area (Å²) < 4.78 is 0. The standard InChI is InChI=1S/C26H25N3O/c1-28-15-14-22-23(11-7-13-25(22)28)26(30)29(17-19-8-3-2-4-9-19)18-20-16-27-24-12-6-5-10-21(20)24/h2-13,16,27H,14-15,17-18H2,1H3. The molecule has 4 heteroatoms. The van der Waals surface area contributed by atoms with Crippen molar-refractivity contribution in [3.05, 3.63) is 101 Å². The Labute approximate surface area is 176 Å². The van der Waals surface area contributed by atoms with Crippen molar-refractivity contribution in [1.29, 1.82) is 0 Å². The largest absolute Gasteiger partial charge is 0.374 e. The molecule has 30 heavy (non-hydrogen) atoms. The number of carbonyl (C=O) groups is 1. The number of likely N-dealkylation sites (N-methyl/N-ethyl adjacent to an activating group) is 1. The van der Waals surface area contributed by atoms with Gasteiger partial charge in [0.25, 0.3) is 5.91 Å². The van der Waals surface area contributed by atoms with Gasteiger partial charge >= 0.3 is 0 Å². The SMILES string of the molecule is CN1CCc2c(C(=O)N(Cc3ccccc3)Cc3c[nH]c4ccccc34)cccc21. The molecule has 1 amide bonds. The molecule has 150 valence electrons. The number of hydrogen-bond acceptors (Lipinski definition) is 2. The highest BCUT2D eigenvalue weighted by atomic mass is 16.2. The van der Waals surface area contributed by atoms with Crippen LogP contribution in [-0.2, 0) is 19.5 Å². The first-order chi connectivity index (χ1) is 14.7. The van der Waals surface area contributed by atoms with Crippen LogP contribution in [0.15, 0.2) is 79.0 Å². The van der Waals surface area contributed by atoms with Crippen LogP contribution in [0.3, 0.4) is 0 Å². The molecule has 1 aliphatic rings. The molecule has 0 radical (unpaired) electrons. The van der Waals surface area contributed by atoms with E-state index in [1.54, 1.807) is 0 Å². The molecule has 0 atom stereocenters. The predicted octanol–water partition coefficient (Wildman–Crippen LogP) is 5.00. The molecule has 1 aliphatic heterocycles. The predicted molar refractivity (Wildman–Crippen MR) is 122 cm³/mol. The lowest BCUT2D eigenvalue weighted by atomic mass is 10.0. The van der Waals surface area contributed by atoms with Crippen molar-refractivity contribution in [2.24, 2.45) is 0 Å². The Morgan fingerprint density at radius 1 is 0.967 bits per heavy atom. The van der Waals surface area contributed by atoms with Crippen molar-refractivity contribution in [2.75, 3.05) is 18.5 Å². The number of hydrogen-bond donors (Lipinski definition) is 1. The molecule has 4 aromatic rings. The maximum Gasteiger partial charge on any atom is 0.254 e. The summed E-state index contributed by atoms with van der Waals surface area (Å²) in [4.78, 5) is 21.3. The number of fused-ring (bicyclic) bond motifs is 2. The van der Waals surface area contributed by atoms with Crippen LogP contribution in [0.4, 0.5) is 5.69 Å². The number of H-pyrrole nitrogens is 1. The van der Waals surface area contributed by atoms with Crippen molar-refractivity contribution >= 4 is 22.5 Å². The van der Waals surface area contributed by atoms with Crippen molar-refractivity contribution < 1.29 is 4.79 Å². The lowest BCUT2D eigenvalue weighted by Crippen LogP contribution is -2.30. The van der Waals surface area contributed by atoms with Crippen molar-refractivity contribution in [2.45, 2.75) is 19.5 Å². The van der Waals surface area contributed by atoms with E-state index < -0.39 is 0 Å². The molecule has 0 aliphatic carbocycles. The zero-order valence-corrected chi connectivity index (χ0v) is 17.1. The molecule has 4 nitrogen and oxygen atoms in total. The molecule has 2 heterocycles. The van der Waals surface area contributed by atoms with Gasteiger partial charge in [-0.25, -0.2) is 0 Å². The zero-order valence-electron chi connectivity index (χ0n) is 17.1. The van der Waals surface area contributed by atoms with E-state index >= 15 is 0 Å². The van der Waals surface area contributed by atoms with Crippen molar-refractivity contribution in [1.82, 2.24) is 9.88 Å². The van der Waals surface area contributed by atoms with Gasteiger partial charge in [0.15, 0.2) is 0 Å². The average molecular weight is 396 g/mol. The summed E-state index contributed by atoms with van der Waals surface area (Å²) in [6, 6.07) is 24.6. The van der Waals surface area contributed by atoms with Gasteiger partial charge in [0, 0.05) is 55.0 Å². The first kappa shape index (κ1) is 18.5. The van der Waals surface area contributed by atoms with Gasteiger partial charge in [0.1, 0.15) is 0 Å². The highest BCUT2D eigenvalue weighted by Crippen LogP contribution is 2.31. The van der Waals surface area contributed by atoms with Gasteiger partial charge in [0.05, 0.1) is 0 Å². The monoisotopic (exact) mass is 395 g/mol. The Bertz CT molecular complexity index is 1200. The molecule has 0 bridgehead atoms. The molecule has 0 spiro atoms. The fourth-order valence-electron chi connectivity index (χ4n) is 4.44. The van der Waals surface area contributed by atoms with E-state index in [-0.39, 0.29) is 5.91 Å². The van der Waals surface area contributed by atoms with E-state index in [0.717, 1.165) is 35.2 Å². The Morgan fingerprint density at radius 3 is 2.63 bits per heavy atom. The van der Waals surface area contributed by atoms with Crippen molar-refractivity contribution in [3.8, 4) is 0 Å². The number of amides is 1. The average Bonchev–Trinajstić information content (AvgIpc) is 3.37. The fraction of sp³-hybridized carbons (Fsp3) is 0.192. The zero-order chi connectivity index (χ0) is 20.5. The first-order valence-electron chi connectivity index (χ1n) is 10.4. The number of para-hydroxylation sites is 1. The molecular weight excluding hydrogens is 370 g/mol. The second kappa shape index (κ2) is 7.71. The maximum absolute atomic E-state index is 13.8. The number of aromatic amines is 1. The summed E-state index contributed by atoms with van der Waals surface area (Å²) in [5.74, 6) is 0.0938. The van der Waals surface area contributed by atoms with E-state index in [9.17, 15) is 4.79 Å². The number of nitrogens with zero attached hydrogens (tertiary/aromatic N) is 2. The van der Waals surface area contributed by atoms with Gasteiger partial charge in [-0.1, -0.05) is 54.6 Å². The normalized spacial score (nSPS) is 12.9. The molecule has 0 saturated carbocycles. The van der Waals surface area contributed by atoms with Crippen LogP contribution in [0.5, 0.6) is 0 Å². The van der Waals surface area contributed by atoms with Gasteiger partial charge in [-0.2, -0.15) is 0 Å². The topological polar surface area (TPSA) is 39.3 Å². The number of benzene rings is 3. The quantitative estimate of drug-likeness (QED) is 0.516. The van der Waals surface area contributed by atoms with Gasteiger partial charge < -0.3 is 14.8 Å².